The van der Waals surface area contributed by atoms with E-state index in [1.807, 2.05) is 0 Å². The second kappa shape index (κ2) is 5.20. The van der Waals surface area contributed by atoms with Crippen molar-refractivity contribution < 1.29 is 21.4 Å². The third-order valence-electron chi connectivity index (χ3n) is 4.01. The standard InChI is InChI=1S/C16H13.2CH3.Hf/c1-12-11-14-9-5-6-10-15(14)16(12)13-7-3-2-4-8-13;;;/h2-11H,1H3;2*1H3;. The van der Waals surface area contributed by atoms with Gasteiger partial charge in [-0.05, 0) is 0 Å². The average molecular weight is 414 g/mol. The first-order valence-electron chi connectivity index (χ1n) is 6.85. The fraction of sp³-hybridized carbons (Fsp3) is 0.222. The zero-order valence-electron chi connectivity index (χ0n) is 11.8. The van der Waals surface area contributed by atoms with E-state index in [0.29, 0.717) is 0 Å². The van der Waals surface area contributed by atoms with Gasteiger partial charge in [0, 0.05) is 0 Å². The van der Waals surface area contributed by atoms with Gasteiger partial charge in [0.2, 0.25) is 0 Å². The molecular formula is C18H19Hf. The number of fused-ring (bicyclic) bond motifs is 1. The summed E-state index contributed by atoms with van der Waals surface area (Å²) in [6.07, 6.45) is 0. The SMILES string of the molecule is CC1=C(c2ccccc2)c2ccccc2[CH]1[Hf]([CH3])[CH3]. The molecule has 0 bridgehead atoms. The van der Waals surface area contributed by atoms with Gasteiger partial charge in [-0.15, -0.1) is 0 Å². The summed E-state index contributed by atoms with van der Waals surface area (Å²) < 4.78 is 5.84. The molecule has 2 aromatic rings. The summed E-state index contributed by atoms with van der Waals surface area (Å²) in [4.78, 5) is 0. The summed E-state index contributed by atoms with van der Waals surface area (Å²) in [6, 6.07) is 19.9. The van der Waals surface area contributed by atoms with Crippen molar-refractivity contribution in [3.8, 4) is 0 Å². The molecule has 0 fully saturated rings. The molecule has 1 aliphatic rings. The fourth-order valence-corrected chi connectivity index (χ4v) is 10.1. The van der Waals surface area contributed by atoms with E-state index < -0.39 is 21.4 Å². The molecule has 2 aromatic carbocycles. The van der Waals surface area contributed by atoms with E-state index in [4.69, 9.17) is 0 Å². The summed E-state index contributed by atoms with van der Waals surface area (Å²) in [5.74, 6) is 0. The minimum atomic E-state index is -1.47. The van der Waals surface area contributed by atoms with Crippen LogP contribution in [0.2, 0.25) is 9.36 Å². The third kappa shape index (κ3) is 2.18. The molecule has 95 valence electrons. The van der Waals surface area contributed by atoms with Crippen LogP contribution in [0.3, 0.4) is 0 Å². The molecule has 1 atom stereocenters. The first kappa shape index (κ1) is 13.1. The van der Waals surface area contributed by atoms with Gasteiger partial charge < -0.3 is 0 Å². The summed E-state index contributed by atoms with van der Waals surface area (Å²) >= 11 is -1.47. The Morgan fingerprint density at radius 2 is 1.47 bits per heavy atom. The van der Waals surface area contributed by atoms with Crippen molar-refractivity contribution in [3.63, 3.8) is 0 Å². The topological polar surface area (TPSA) is 0 Å². The second-order valence-electron chi connectivity index (χ2n) is 5.52. The van der Waals surface area contributed by atoms with Crippen LogP contribution in [0.5, 0.6) is 0 Å². The van der Waals surface area contributed by atoms with Crippen LogP contribution in [0, 0.1) is 0 Å². The maximum absolute atomic E-state index is 2.53. The Morgan fingerprint density at radius 3 is 2.16 bits per heavy atom. The van der Waals surface area contributed by atoms with Crippen LogP contribution in [0.1, 0.15) is 27.3 Å². The maximum atomic E-state index is 2.53. The van der Waals surface area contributed by atoms with Gasteiger partial charge in [0.1, 0.15) is 0 Å². The van der Waals surface area contributed by atoms with Crippen molar-refractivity contribution in [1.82, 2.24) is 0 Å². The molecule has 0 N–H and O–H groups in total. The number of benzene rings is 2. The van der Waals surface area contributed by atoms with E-state index in [1.165, 1.54) is 16.7 Å². The molecule has 0 aromatic heterocycles. The van der Waals surface area contributed by atoms with E-state index >= 15 is 0 Å². The Hall–Kier alpha value is -0.950. The molecule has 19 heavy (non-hydrogen) atoms. The fourth-order valence-electron chi connectivity index (χ4n) is 3.30. The molecule has 0 saturated carbocycles. The molecule has 0 heterocycles. The molecule has 3 rings (SSSR count). The van der Waals surface area contributed by atoms with Crippen LogP contribution in [-0.2, 0) is 21.4 Å². The number of rotatable bonds is 2. The predicted octanol–water partition coefficient (Wildman–Crippen LogP) is 5.28. The van der Waals surface area contributed by atoms with Crippen molar-refractivity contribution in [1.29, 1.82) is 0 Å². The van der Waals surface area contributed by atoms with Gasteiger partial charge in [0.25, 0.3) is 0 Å². The first-order chi connectivity index (χ1) is 9.20. The van der Waals surface area contributed by atoms with Crippen LogP contribution in [0.4, 0.5) is 0 Å². The van der Waals surface area contributed by atoms with Gasteiger partial charge in [-0.2, -0.15) is 0 Å². The minimum absolute atomic E-state index is 0.774. The normalized spacial score (nSPS) is 17.5. The molecule has 0 radical (unpaired) electrons. The van der Waals surface area contributed by atoms with Gasteiger partial charge in [0.15, 0.2) is 0 Å². The molecule has 0 amide bonds. The van der Waals surface area contributed by atoms with E-state index in [2.05, 4.69) is 70.9 Å². The molecule has 0 aliphatic heterocycles. The first-order valence-corrected chi connectivity index (χ1v) is 16.1. The molecule has 0 nitrogen and oxygen atoms in total. The van der Waals surface area contributed by atoms with Crippen molar-refractivity contribution in [3.05, 3.63) is 76.9 Å². The Balaban J connectivity index is 2.23. The quantitative estimate of drug-likeness (QED) is 0.588. The predicted molar refractivity (Wildman–Crippen MR) is 79.0 cm³/mol. The van der Waals surface area contributed by atoms with Crippen molar-refractivity contribution >= 4 is 5.57 Å². The molecule has 1 unspecified atom stereocenters. The van der Waals surface area contributed by atoms with Crippen LogP contribution in [0.15, 0.2) is 60.2 Å². The van der Waals surface area contributed by atoms with E-state index in [-0.39, 0.29) is 0 Å². The van der Waals surface area contributed by atoms with Gasteiger partial charge >= 0.3 is 124 Å². The number of hydrogen-bond acceptors (Lipinski definition) is 0. The zero-order valence-corrected chi connectivity index (χ0v) is 15.4. The van der Waals surface area contributed by atoms with E-state index in [9.17, 15) is 0 Å². The van der Waals surface area contributed by atoms with Crippen LogP contribution < -0.4 is 0 Å². The van der Waals surface area contributed by atoms with Crippen LogP contribution in [-0.4, -0.2) is 0 Å². The Bertz CT molecular complexity index is 623. The summed E-state index contributed by atoms with van der Waals surface area (Å²) in [5.41, 5.74) is 7.54. The van der Waals surface area contributed by atoms with Crippen LogP contribution >= 0.6 is 0 Å². The Labute approximate surface area is 123 Å². The Morgan fingerprint density at radius 1 is 0.842 bits per heavy atom. The molecule has 1 heteroatoms. The number of allylic oxidation sites excluding steroid dienone is 1. The molecule has 0 spiro atoms. The summed E-state index contributed by atoms with van der Waals surface area (Å²) in [6.45, 7) is 2.35. The number of hydrogen-bond donors (Lipinski definition) is 0. The second-order valence-corrected chi connectivity index (χ2v) is 15.3. The monoisotopic (exact) mass is 415 g/mol. The molecule has 1 aliphatic carbocycles. The third-order valence-corrected chi connectivity index (χ3v) is 10.8. The van der Waals surface area contributed by atoms with Crippen LogP contribution in [0.25, 0.3) is 5.57 Å². The average Bonchev–Trinajstić information content (AvgIpc) is 2.71. The van der Waals surface area contributed by atoms with Crippen molar-refractivity contribution in [2.24, 2.45) is 0 Å². The summed E-state index contributed by atoms with van der Waals surface area (Å²) in [5, 5.41) is 0. The van der Waals surface area contributed by atoms with Crippen molar-refractivity contribution in [2.45, 2.75) is 20.0 Å². The van der Waals surface area contributed by atoms with Gasteiger partial charge in [-0.3, -0.25) is 0 Å². The molecule has 0 saturated heterocycles. The van der Waals surface area contributed by atoms with Gasteiger partial charge in [0.05, 0.1) is 0 Å². The summed E-state index contributed by atoms with van der Waals surface area (Å²) in [7, 11) is 0. The molecular weight excluding hydrogens is 395 g/mol. The van der Waals surface area contributed by atoms with E-state index in [0.717, 1.165) is 3.67 Å². The van der Waals surface area contributed by atoms with Crippen molar-refractivity contribution in [2.75, 3.05) is 0 Å². The Kier molecular flexibility index (Phi) is 3.58. The van der Waals surface area contributed by atoms with Gasteiger partial charge in [-0.25, -0.2) is 0 Å². The van der Waals surface area contributed by atoms with Gasteiger partial charge in [-0.1, -0.05) is 0 Å². The van der Waals surface area contributed by atoms with E-state index in [1.54, 1.807) is 11.1 Å². The zero-order chi connectivity index (χ0) is 13.4.